The monoisotopic (exact) mass is 374 g/mol. The van der Waals surface area contributed by atoms with Gasteiger partial charge in [-0.1, -0.05) is 4.49 Å². The van der Waals surface area contributed by atoms with Gasteiger partial charge in [0.1, 0.15) is 4.88 Å². The summed E-state index contributed by atoms with van der Waals surface area (Å²) in [6.45, 7) is 3.90. The number of likely N-dealkylation sites (tertiary alicyclic amines) is 2. The Morgan fingerprint density at radius 1 is 1.42 bits per heavy atom. The molecule has 8 nitrogen and oxygen atoms in total. The summed E-state index contributed by atoms with van der Waals surface area (Å²) < 4.78 is 3.87. The largest absolute Gasteiger partial charge is 0.348 e. The van der Waals surface area contributed by atoms with Crippen molar-refractivity contribution >= 4 is 23.3 Å². The number of aromatic amines is 1. The SMILES string of the molecule is Cc1nnsc1C(=O)N1CC[C@@H]2[C@@H](CCC(=O)N2CCc2cnc[nH]2)C1. The quantitative estimate of drug-likeness (QED) is 0.869. The smallest absolute Gasteiger partial charge is 0.267 e. The van der Waals surface area contributed by atoms with E-state index in [0.717, 1.165) is 36.5 Å². The van der Waals surface area contributed by atoms with Gasteiger partial charge >= 0.3 is 0 Å². The molecule has 9 heteroatoms. The molecule has 26 heavy (non-hydrogen) atoms. The second-order valence-electron chi connectivity index (χ2n) is 7.01. The fraction of sp³-hybridized carbons (Fsp3) is 0.588. The highest BCUT2D eigenvalue weighted by Crippen LogP contribution is 2.32. The molecule has 0 radical (unpaired) electrons. The molecule has 2 atom stereocenters. The molecule has 1 N–H and O–H groups in total. The third-order valence-electron chi connectivity index (χ3n) is 5.45. The third-order valence-corrected chi connectivity index (χ3v) is 6.27. The highest BCUT2D eigenvalue weighted by molar-refractivity contribution is 7.07. The number of aromatic nitrogens is 4. The van der Waals surface area contributed by atoms with Gasteiger partial charge in [-0.2, -0.15) is 0 Å². The summed E-state index contributed by atoms with van der Waals surface area (Å²) in [6.07, 6.45) is 6.50. The lowest BCUT2D eigenvalue weighted by Crippen LogP contribution is -2.57. The molecular weight excluding hydrogens is 352 g/mol. The molecular formula is C17H22N6O2S. The highest BCUT2D eigenvalue weighted by Gasteiger charge is 2.40. The van der Waals surface area contributed by atoms with E-state index in [2.05, 4.69) is 19.6 Å². The van der Waals surface area contributed by atoms with Crippen LogP contribution in [0.2, 0.25) is 0 Å². The van der Waals surface area contributed by atoms with Crippen LogP contribution in [0.25, 0.3) is 0 Å². The van der Waals surface area contributed by atoms with Gasteiger partial charge in [0.2, 0.25) is 5.91 Å². The van der Waals surface area contributed by atoms with Crippen molar-refractivity contribution in [3.05, 3.63) is 28.8 Å². The second-order valence-corrected chi connectivity index (χ2v) is 7.76. The average Bonchev–Trinajstić information content (AvgIpc) is 3.31. The van der Waals surface area contributed by atoms with E-state index in [4.69, 9.17) is 0 Å². The van der Waals surface area contributed by atoms with E-state index in [9.17, 15) is 9.59 Å². The summed E-state index contributed by atoms with van der Waals surface area (Å²) in [6, 6.07) is 0.226. The van der Waals surface area contributed by atoms with Gasteiger partial charge in [-0.05, 0) is 37.2 Å². The van der Waals surface area contributed by atoms with Crippen LogP contribution in [0.4, 0.5) is 0 Å². The van der Waals surface area contributed by atoms with Crippen molar-refractivity contribution in [3.63, 3.8) is 0 Å². The van der Waals surface area contributed by atoms with Crippen LogP contribution in [-0.2, 0) is 11.2 Å². The van der Waals surface area contributed by atoms with Crippen molar-refractivity contribution in [1.29, 1.82) is 0 Å². The number of nitrogens with zero attached hydrogens (tertiary/aromatic N) is 5. The summed E-state index contributed by atoms with van der Waals surface area (Å²) in [5, 5.41) is 3.94. The van der Waals surface area contributed by atoms with Gasteiger partial charge in [0.25, 0.3) is 5.91 Å². The Bertz CT molecular complexity index is 789. The van der Waals surface area contributed by atoms with Gasteiger partial charge in [0.15, 0.2) is 0 Å². The van der Waals surface area contributed by atoms with Crippen molar-refractivity contribution < 1.29 is 9.59 Å². The number of fused-ring (bicyclic) bond motifs is 1. The molecule has 2 fully saturated rings. The topological polar surface area (TPSA) is 95.1 Å². The summed E-state index contributed by atoms with van der Waals surface area (Å²) in [5.74, 6) is 0.596. The Morgan fingerprint density at radius 2 is 2.31 bits per heavy atom. The molecule has 138 valence electrons. The minimum atomic E-state index is 0.0249. The first kappa shape index (κ1) is 17.1. The van der Waals surface area contributed by atoms with Crippen LogP contribution in [0, 0.1) is 12.8 Å². The Labute approximate surface area is 155 Å². The summed E-state index contributed by atoms with van der Waals surface area (Å²) >= 11 is 1.16. The molecule has 2 amide bonds. The fourth-order valence-corrected chi connectivity index (χ4v) is 4.68. The van der Waals surface area contributed by atoms with Gasteiger partial charge in [0.05, 0.1) is 12.0 Å². The highest BCUT2D eigenvalue weighted by atomic mass is 32.1. The van der Waals surface area contributed by atoms with Gasteiger partial charge in [-0.3, -0.25) is 9.59 Å². The number of carbonyl (C=O) groups excluding carboxylic acids is 2. The maximum atomic E-state index is 12.7. The van der Waals surface area contributed by atoms with Crippen LogP contribution >= 0.6 is 11.5 Å². The molecule has 4 heterocycles. The number of imidazole rings is 1. The zero-order chi connectivity index (χ0) is 18.1. The first-order chi connectivity index (χ1) is 12.6. The maximum absolute atomic E-state index is 12.7. The molecule has 0 unspecified atom stereocenters. The molecule has 2 aliphatic heterocycles. The predicted molar refractivity (Wildman–Crippen MR) is 95.7 cm³/mol. The summed E-state index contributed by atoms with van der Waals surface area (Å²) in [7, 11) is 0. The molecule has 0 aliphatic carbocycles. The number of carbonyl (C=O) groups is 2. The zero-order valence-corrected chi connectivity index (χ0v) is 15.5. The van der Waals surface area contributed by atoms with E-state index in [1.165, 1.54) is 0 Å². The molecule has 2 aromatic rings. The van der Waals surface area contributed by atoms with E-state index >= 15 is 0 Å². The standard InChI is InChI=1S/C17H22N6O2S/c1-11-16(26-21-20-11)17(25)22-6-5-14-12(9-22)2-3-15(24)23(14)7-4-13-8-18-10-19-13/h8,10,12,14H,2-7,9H2,1H3,(H,18,19)/t12-,14+/m0/s1. The molecule has 0 spiro atoms. The van der Waals surface area contributed by atoms with Gasteiger partial charge in [-0.15, -0.1) is 5.10 Å². The van der Waals surface area contributed by atoms with Crippen LogP contribution in [-0.4, -0.2) is 66.8 Å². The number of H-pyrrole nitrogens is 1. The molecule has 4 rings (SSSR count). The predicted octanol–water partition coefficient (Wildman–Crippen LogP) is 1.27. The maximum Gasteiger partial charge on any atom is 0.267 e. The van der Waals surface area contributed by atoms with E-state index in [-0.39, 0.29) is 17.9 Å². The van der Waals surface area contributed by atoms with Gasteiger partial charge in [0, 0.05) is 50.4 Å². The lowest BCUT2D eigenvalue weighted by atomic mass is 9.83. The molecule has 0 bridgehead atoms. The number of aryl methyl sites for hydroxylation is 1. The number of rotatable bonds is 4. The van der Waals surface area contributed by atoms with Crippen molar-refractivity contribution in [2.75, 3.05) is 19.6 Å². The Morgan fingerprint density at radius 3 is 3.04 bits per heavy atom. The van der Waals surface area contributed by atoms with Crippen LogP contribution in [0.15, 0.2) is 12.5 Å². The van der Waals surface area contributed by atoms with Crippen LogP contribution < -0.4 is 0 Å². The van der Waals surface area contributed by atoms with Crippen LogP contribution in [0.5, 0.6) is 0 Å². The zero-order valence-electron chi connectivity index (χ0n) is 14.7. The lowest BCUT2D eigenvalue weighted by molar-refractivity contribution is -0.140. The summed E-state index contributed by atoms with van der Waals surface area (Å²) in [4.78, 5) is 36.9. The number of hydrogen-bond donors (Lipinski definition) is 1. The number of nitrogens with one attached hydrogen (secondary N) is 1. The van der Waals surface area contributed by atoms with E-state index < -0.39 is 0 Å². The first-order valence-corrected chi connectivity index (χ1v) is 9.75. The molecule has 0 aromatic carbocycles. The van der Waals surface area contributed by atoms with Crippen molar-refractivity contribution in [3.8, 4) is 0 Å². The Hall–Kier alpha value is -2.29. The molecule has 2 aliphatic rings. The Balaban J connectivity index is 1.42. The molecule has 0 saturated carbocycles. The first-order valence-electron chi connectivity index (χ1n) is 8.98. The normalized spacial score (nSPS) is 23.2. The van der Waals surface area contributed by atoms with Gasteiger partial charge in [-0.25, -0.2) is 4.98 Å². The number of piperidine rings is 2. The number of amides is 2. The lowest BCUT2D eigenvalue weighted by Gasteiger charge is -2.47. The average molecular weight is 374 g/mol. The van der Waals surface area contributed by atoms with E-state index in [1.54, 1.807) is 12.5 Å². The summed E-state index contributed by atoms with van der Waals surface area (Å²) in [5.41, 5.74) is 1.74. The number of hydrogen-bond acceptors (Lipinski definition) is 6. The Kier molecular flexibility index (Phi) is 4.71. The minimum Gasteiger partial charge on any atom is -0.348 e. The fourth-order valence-electron chi connectivity index (χ4n) is 4.06. The van der Waals surface area contributed by atoms with E-state index in [1.807, 2.05) is 16.7 Å². The van der Waals surface area contributed by atoms with Crippen molar-refractivity contribution in [1.82, 2.24) is 29.4 Å². The minimum absolute atomic E-state index is 0.0249. The van der Waals surface area contributed by atoms with Gasteiger partial charge < -0.3 is 14.8 Å². The second kappa shape index (κ2) is 7.14. The van der Waals surface area contributed by atoms with Crippen molar-refractivity contribution in [2.24, 2.45) is 5.92 Å². The van der Waals surface area contributed by atoms with Crippen LogP contribution in [0.3, 0.4) is 0 Å². The molecule has 2 saturated heterocycles. The third kappa shape index (κ3) is 3.23. The molecule has 2 aromatic heterocycles. The van der Waals surface area contributed by atoms with E-state index in [0.29, 0.717) is 42.5 Å². The van der Waals surface area contributed by atoms with Crippen molar-refractivity contribution in [2.45, 2.75) is 38.6 Å². The van der Waals surface area contributed by atoms with Crippen LogP contribution in [0.1, 0.15) is 40.3 Å².